The van der Waals surface area contributed by atoms with Crippen LogP contribution in [0.4, 0.5) is 5.69 Å². The predicted octanol–water partition coefficient (Wildman–Crippen LogP) is 4.95. The normalized spacial score (nSPS) is 15.0. The van der Waals surface area contributed by atoms with Crippen LogP contribution in [-0.2, 0) is 15.3 Å². The maximum atomic E-state index is 12.6. The number of carbonyl (C=O) groups is 2. The Morgan fingerprint density at radius 2 is 2.00 bits per heavy atom. The molecule has 0 unspecified atom stereocenters. The molecule has 160 valence electrons. The zero-order valence-electron chi connectivity index (χ0n) is 16.2. The molecule has 1 fully saturated rings. The van der Waals surface area contributed by atoms with E-state index >= 15 is 0 Å². The van der Waals surface area contributed by atoms with E-state index in [0.29, 0.717) is 31.9 Å². The number of hydrogen-bond acceptors (Lipinski definition) is 7. The SMILES string of the molecule is O=C(O)CCCN1C(=O)C(=Cc2ccc(SCc3ccccc3)c([N+](=O)[O-])c2)SC1=S. The first-order valence-corrected chi connectivity index (χ1v) is 11.5. The second-order valence-corrected chi connectivity index (χ2v) is 9.28. The number of nitrogens with zero attached hydrogens (tertiary/aromatic N) is 2. The second-order valence-electron chi connectivity index (χ2n) is 6.59. The van der Waals surface area contributed by atoms with E-state index in [1.165, 1.54) is 22.7 Å². The molecule has 0 aromatic heterocycles. The van der Waals surface area contributed by atoms with E-state index in [2.05, 4.69) is 0 Å². The summed E-state index contributed by atoms with van der Waals surface area (Å²) in [4.78, 5) is 36.7. The van der Waals surface area contributed by atoms with Crippen molar-refractivity contribution in [1.29, 1.82) is 0 Å². The minimum atomic E-state index is -0.932. The van der Waals surface area contributed by atoms with Gasteiger partial charge in [-0.3, -0.25) is 24.6 Å². The molecule has 31 heavy (non-hydrogen) atoms. The Balaban J connectivity index is 1.75. The summed E-state index contributed by atoms with van der Waals surface area (Å²) < 4.78 is 0.353. The van der Waals surface area contributed by atoms with Crippen LogP contribution in [0.3, 0.4) is 0 Å². The van der Waals surface area contributed by atoms with E-state index in [1.54, 1.807) is 18.2 Å². The van der Waals surface area contributed by atoms with Crippen LogP contribution in [-0.4, -0.2) is 37.7 Å². The molecular formula is C21H18N2O5S3. The average Bonchev–Trinajstić information content (AvgIpc) is 3.00. The van der Waals surface area contributed by atoms with Gasteiger partial charge in [0.05, 0.1) is 14.7 Å². The van der Waals surface area contributed by atoms with Crippen LogP contribution in [0.2, 0.25) is 0 Å². The molecule has 1 N–H and O–H groups in total. The second kappa shape index (κ2) is 10.6. The van der Waals surface area contributed by atoms with Gasteiger partial charge in [-0.2, -0.15) is 0 Å². The number of thiocarbonyl (C=S) groups is 1. The molecule has 1 saturated heterocycles. The summed E-state index contributed by atoms with van der Waals surface area (Å²) in [6, 6.07) is 14.6. The van der Waals surface area contributed by atoms with E-state index in [0.717, 1.165) is 17.3 Å². The number of aliphatic carboxylic acids is 1. The van der Waals surface area contributed by atoms with Gasteiger partial charge in [0.2, 0.25) is 0 Å². The number of carbonyl (C=O) groups excluding carboxylic acids is 1. The molecule has 2 aromatic rings. The molecule has 1 amide bonds. The van der Waals surface area contributed by atoms with Gasteiger partial charge in [-0.25, -0.2) is 0 Å². The van der Waals surface area contributed by atoms with Gasteiger partial charge in [-0.1, -0.05) is 60.4 Å². The van der Waals surface area contributed by atoms with Gasteiger partial charge in [-0.15, -0.1) is 11.8 Å². The van der Waals surface area contributed by atoms with E-state index in [1.807, 2.05) is 30.3 Å². The first-order chi connectivity index (χ1) is 14.8. The molecule has 3 rings (SSSR count). The van der Waals surface area contributed by atoms with Gasteiger partial charge in [0.25, 0.3) is 11.6 Å². The average molecular weight is 475 g/mol. The third-order valence-corrected chi connectivity index (χ3v) is 6.87. The van der Waals surface area contributed by atoms with Crippen LogP contribution < -0.4 is 0 Å². The molecule has 0 atom stereocenters. The monoisotopic (exact) mass is 474 g/mol. The smallest absolute Gasteiger partial charge is 0.303 e. The van der Waals surface area contributed by atoms with Crippen molar-refractivity contribution >= 4 is 63.7 Å². The number of nitro groups is 1. The number of hydrogen-bond donors (Lipinski definition) is 1. The Morgan fingerprint density at radius 3 is 2.68 bits per heavy atom. The minimum absolute atomic E-state index is 0.0217. The maximum absolute atomic E-state index is 12.6. The Labute approximate surface area is 192 Å². The van der Waals surface area contributed by atoms with Crippen LogP contribution in [0, 0.1) is 10.1 Å². The zero-order valence-corrected chi connectivity index (χ0v) is 18.7. The first kappa shape index (κ1) is 23.0. The van der Waals surface area contributed by atoms with E-state index < -0.39 is 10.9 Å². The summed E-state index contributed by atoms with van der Waals surface area (Å²) in [6.45, 7) is 0.226. The van der Waals surface area contributed by atoms with Crippen molar-refractivity contribution in [3.8, 4) is 0 Å². The Morgan fingerprint density at radius 1 is 1.26 bits per heavy atom. The summed E-state index contributed by atoms with van der Waals surface area (Å²) in [5.74, 6) is -0.639. The topological polar surface area (TPSA) is 101 Å². The van der Waals surface area contributed by atoms with E-state index in [4.69, 9.17) is 17.3 Å². The molecule has 0 radical (unpaired) electrons. The highest BCUT2D eigenvalue weighted by Gasteiger charge is 2.31. The van der Waals surface area contributed by atoms with Crippen molar-refractivity contribution in [1.82, 2.24) is 4.90 Å². The molecule has 2 aromatic carbocycles. The predicted molar refractivity (Wildman–Crippen MR) is 126 cm³/mol. The largest absolute Gasteiger partial charge is 0.481 e. The van der Waals surface area contributed by atoms with E-state index in [9.17, 15) is 19.7 Å². The fourth-order valence-electron chi connectivity index (χ4n) is 2.86. The summed E-state index contributed by atoms with van der Waals surface area (Å²) in [5, 5.41) is 20.3. The van der Waals surface area contributed by atoms with Crippen LogP contribution in [0.15, 0.2) is 58.3 Å². The van der Waals surface area contributed by atoms with Crippen molar-refractivity contribution in [3.05, 3.63) is 74.7 Å². The zero-order chi connectivity index (χ0) is 22.4. The molecule has 0 aliphatic carbocycles. The van der Waals surface area contributed by atoms with Crippen LogP contribution in [0.25, 0.3) is 6.08 Å². The molecule has 7 nitrogen and oxygen atoms in total. The van der Waals surface area contributed by atoms with Crippen molar-refractivity contribution in [2.45, 2.75) is 23.5 Å². The lowest BCUT2D eigenvalue weighted by Crippen LogP contribution is -2.29. The van der Waals surface area contributed by atoms with Crippen LogP contribution in [0.1, 0.15) is 24.0 Å². The van der Waals surface area contributed by atoms with Gasteiger partial charge in [0, 0.05) is 24.8 Å². The number of nitro benzene ring substituents is 1. The molecular weight excluding hydrogens is 456 g/mol. The number of rotatable bonds is 9. The Kier molecular flexibility index (Phi) is 7.83. The molecule has 0 spiro atoms. The Hall–Kier alpha value is -2.69. The van der Waals surface area contributed by atoms with Crippen molar-refractivity contribution in [3.63, 3.8) is 0 Å². The standard InChI is InChI=1S/C21H18N2O5S3/c24-19(25)7-4-10-22-20(26)18(31-21(22)29)12-15-8-9-17(16(11-15)23(27)28)30-13-14-5-2-1-3-6-14/h1-3,5-6,8-9,11-12H,4,7,10,13H2,(H,24,25). The lowest BCUT2D eigenvalue weighted by molar-refractivity contribution is -0.387. The fourth-order valence-corrected chi connectivity index (χ4v) is 5.13. The third-order valence-electron chi connectivity index (χ3n) is 4.36. The summed E-state index contributed by atoms with van der Waals surface area (Å²) in [6.07, 6.45) is 1.83. The number of thioether (sulfide) groups is 2. The minimum Gasteiger partial charge on any atom is -0.481 e. The molecule has 0 saturated carbocycles. The van der Waals surface area contributed by atoms with Crippen molar-refractivity contribution in [2.24, 2.45) is 0 Å². The number of amides is 1. The molecule has 1 aliphatic rings. The maximum Gasteiger partial charge on any atom is 0.303 e. The Bertz CT molecular complexity index is 1060. The summed E-state index contributed by atoms with van der Waals surface area (Å²) >= 11 is 7.72. The summed E-state index contributed by atoms with van der Waals surface area (Å²) in [7, 11) is 0. The van der Waals surface area contributed by atoms with E-state index in [-0.39, 0.29) is 24.6 Å². The molecule has 0 bridgehead atoms. The molecule has 1 heterocycles. The fraction of sp³-hybridized carbons (Fsp3) is 0.190. The highest BCUT2D eigenvalue weighted by Crippen LogP contribution is 2.36. The highest BCUT2D eigenvalue weighted by atomic mass is 32.2. The number of carboxylic acid groups (broad SMARTS) is 1. The first-order valence-electron chi connectivity index (χ1n) is 9.27. The highest BCUT2D eigenvalue weighted by molar-refractivity contribution is 8.26. The van der Waals surface area contributed by atoms with Gasteiger partial charge < -0.3 is 5.11 Å². The lowest BCUT2D eigenvalue weighted by Gasteiger charge is -2.13. The van der Waals surface area contributed by atoms with Crippen molar-refractivity contribution < 1.29 is 19.6 Å². The van der Waals surface area contributed by atoms with Gasteiger partial charge in [0.1, 0.15) is 4.32 Å². The number of benzene rings is 2. The molecule has 1 aliphatic heterocycles. The van der Waals surface area contributed by atoms with Crippen LogP contribution in [0.5, 0.6) is 0 Å². The van der Waals surface area contributed by atoms with Gasteiger partial charge in [0.15, 0.2) is 0 Å². The quantitative estimate of drug-likeness (QED) is 0.179. The molecule has 10 heteroatoms. The lowest BCUT2D eigenvalue weighted by atomic mass is 10.2. The summed E-state index contributed by atoms with van der Waals surface area (Å²) in [5.41, 5.74) is 1.57. The van der Waals surface area contributed by atoms with Crippen molar-refractivity contribution in [2.75, 3.05) is 6.54 Å². The van der Waals surface area contributed by atoms with Crippen LogP contribution >= 0.6 is 35.7 Å². The third kappa shape index (κ3) is 6.16. The number of carboxylic acids is 1. The van der Waals surface area contributed by atoms with Gasteiger partial charge in [-0.05, 0) is 29.7 Å². The van der Waals surface area contributed by atoms with Gasteiger partial charge >= 0.3 is 5.97 Å².